The third kappa shape index (κ3) is 4.77. The van der Waals surface area contributed by atoms with Crippen LogP contribution in [0.2, 0.25) is 0 Å². The summed E-state index contributed by atoms with van der Waals surface area (Å²) < 4.78 is 0. The van der Waals surface area contributed by atoms with Gasteiger partial charge in [0.1, 0.15) is 0 Å². The zero-order valence-electron chi connectivity index (χ0n) is 15.0. The summed E-state index contributed by atoms with van der Waals surface area (Å²) in [6.07, 6.45) is 2.04. The molecule has 132 valence electrons. The number of carbonyl (C=O) groups is 2. The Labute approximate surface area is 159 Å². The minimum atomic E-state index is -0.143. The third-order valence-corrected chi connectivity index (χ3v) is 4.23. The summed E-state index contributed by atoms with van der Waals surface area (Å²) >= 11 is 0. The van der Waals surface area contributed by atoms with E-state index in [4.69, 9.17) is 0 Å². The molecule has 2 nitrogen and oxygen atoms in total. The predicted octanol–water partition coefficient (Wildman–Crippen LogP) is 5.78. The van der Waals surface area contributed by atoms with Crippen LogP contribution in [0.15, 0.2) is 109 Å². The van der Waals surface area contributed by atoms with E-state index in [1.165, 1.54) is 0 Å². The van der Waals surface area contributed by atoms with Gasteiger partial charge in [0.25, 0.3) is 0 Å². The minimum Gasteiger partial charge on any atom is -0.289 e. The third-order valence-electron chi connectivity index (χ3n) is 4.23. The molecular weight excluding hydrogens is 332 g/mol. The molecule has 0 aromatic heterocycles. The maximum atomic E-state index is 13.0. The molecule has 0 amide bonds. The molecule has 0 atom stereocenters. The van der Waals surface area contributed by atoms with Gasteiger partial charge in [-0.05, 0) is 17.2 Å². The maximum absolute atomic E-state index is 13.0. The van der Waals surface area contributed by atoms with Crippen molar-refractivity contribution in [3.8, 4) is 0 Å². The molecule has 27 heavy (non-hydrogen) atoms. The molecule has 0 aliphatic carbocycles. The Morgan fingerprint density at radius 3 is 1.63 bits per heavy atom. The van der Waals surface area contributed by atoms with Crippen molar-refractivity contribution in [1.82, 2.24) is 0 Å². The van der Waals surface area contributed by atoms with E-state index in [1.807, 2.05) is 72.8 Å². The predicted molar refractivity (Wildman–Crippen MR) is 110 cm³/mol. The van der Waals surface area contributed by atoms with Gasteiger partial charge in [0, 0.05) is 23.1 Å². The second kappa shape index (κ2) is 8.72. The van der Waals surface area contributed by atoms with Crippen molar-refractivity contribution >= 4 is 17.6 Å². The second-order valence-electron chi connectivity index (χ2n) is 6.25. The average Bonchev–Trinajstić information content (AvgIpc) is 2.74. The van der Waals surface area contributed by atoms with E-state index in [0.717, 1.165) is 5.56 Å². The molecule has 3 aromatic rings. The van der Waals surface area contributed by atoms with Crippen LogP contribution < -0.4 is 0 Å². The van der Waals surface area contributed by atoms with Gasteiger partial charge >= 0.3 is 0 Å². The van der Waals surface area contributed by atoms with Crippen LogP contribution in [0.4, 0.5) is 0 Å². The van der Waals surface area contributed by atoms with Crippen LogP contribution >= 0.6 is 0 Å². The Kier molecular flexibility index (Phi) is 5.91. The normalized spacial score (nSPS) is 11.0. The topological polar surface area (TPSA) is 34.1 Å². The van der Waals surface area contributed by atoms with Gasteiger partial charge in [0.05, 0.1) is 0 Å². The van der Waals surface area contributed by atoms with Crippen molar-refractivity contribution in [1.29, 1.82) is 0 Å². The number of carbonyl (C=O) groups excluding carboxylic acids is 2. The largest absolute Gasteiger partial charge is 0.289 e. The van der Waals surface area contributed by atoms with Crippen LogP contribution in [0.5, 0.6) is 0 Å². The van der Waals surface area contributed by atoms with Crippen molar-refractivity contribution in [3.63, 3.8) is 0 Å². The fourth-order valence-corrected chi connectivity index (χ4v) is 2.83. The SMILES string of the molecule is C=C(C/C(=C\c1ccccc1)C(=O)c1ccccc1)C(=O)c1ccccc1. The van der Waals surface area contributed by atoms with Crippen LogP contribution in [-0.4, -0.2) is 11.6 Å². The minimum absolute atomic E-state index is 0.0959. The van der Waals surface area contributed by atoms with Gasteiger partial charge < -0.3 is 0 Å². The number of rotatable bonds is 7. The highest BCUT2D eigenvalue weighted by atomic mass is 16.1. The summed E-state index contributed by atoms with van der Waals surface area (Å²) in [5, 5.41) is 0. The highest BCUT2D eigenvalue weighted by Gasteiger charge is 2.17. The molecule has 0 radical (unpaired) electrons. The lowest BCUT2D eigenvalue weighted by Crippen LogP contribution is -2.09. The summed E-state index contributed by atoms with van der Waals surface area (Å²) in [7, 11) is 0. The number of Topliss-reactive ketones (excluding diaryl/α,β-unsaturated/α-hetero) is 2. The molecule has 0 saturated heterocycles. The van der Waals surface area contributed by atoms with Crippen molar-refractivity contribution in [2.75, 3.05) is 0 Å². The quantitative estimate of drug-likeness (QED) is 0.399. The van der Waals surface area contributed by atoms with Crippen LogP contribution in [0, 0.1) is 0 Å². The monoisotopic (exact) mass is 352 g/mol. The van der Waals surface area contributed by atoms with Crippen LogP contribution in [-0.2, 0) is 0 Å². The molecule has 0 bridgehead atoms. The lowest BCUT2D eigenvalue weighted by Gasteiger charge is -2.10. The molecular formula is C25H20O2. The van der Waals surface area contributed by atoms with Gasteiger partial charge in [0.15, 0.2) is 11.6 Å². The van der Waals surface area contributed by atoms with Crippen molar-refractivity contribution in [2.45, 2.75) is 6.42 Å². The smallest absolute Gasteiger partial charge is 0.189 e. The second-order valence-corrected chi connectivity index (χ2v) is 6.25. The maximum Gasteiger partial charge on any atom is 0.189 e. The molecule has 3 aromatic carbocycles. The Morgan fingerprint density at radius 2 is 1.11 bits per heavy atom. The van der Waals surface area contributed by atoms with E-state index in [1.54, 1.807) is 24.3 Å². The van der Waals surface area contributed by atoms with E-state index >= 15 is 0 Å². The Balaban J connectivity index is 1.90. The van der Waals surface area contributed by atoms with Gasteiger partial charge in [-0.2, -0.15) is 0 Å². The molecule has 0 saturated carbocycles. The number of benzene rings is 3. The molecule has 3 rings (SSSR count). The zero-order valence-corrected chi connectivity index (χ0v) is 15.0. The van der Waals surface area contributed by atoms with Gasteiger partial charge in [-0.1, -0.05) is 97.6 Å². The van der Waals surface area contributed by atoms with Gasteiger partial charge in [-0.15, -0.1) is 0 Å². The Morgan fingerprint density at radius 1 is 0.667 bits per heavy atom. The molecule has 0 heterocycles. The molecule has 2 heteroatoms. The lowest BCUT2D eigenvalue weighted by molar-refractivity contribution is 0.102. The number of hydrogen-bond acceptors (Lipinski definition) is 2. The fourth-order valence-electron chi connectivity index (χ4n) is 2.83. The molecule has 0 aliphatic rings. The van der Waals surface area contributed by atoms with Gasteiger partial charge in [-0.3, -0.25) is 9.59 Å². The summed E-state index contributed by atoms with van der Waals surface area (Å²) in [5.74, 6) is -0.239. The highest BCUT2D eigenvalue weighted by Crippen LogP contribution is 2.21. The number of ketones is 2. The van der Waals surface area contributed by atoms with Crippen LogP contribution in [0.3, 0.4) is 0 Å². The number of hydrogen-bond donors (Lipinski definition) is 0. The molecule has 0 aliphatic heterocycles. The van der Waals surface area contributed by atoms with Crippen LogP contribution in [0.25, 0.3) is 6.08 Å². The highest BCUT2D eigenvalue weighted by molar-refractivity contribution is 6.14. The first kappa shape index (κ1) is 18.3. The number of allylic oxidation sites excluding steroid dienone is 2. The first-order chi connectivity index (χ1) is 13.1. The summed E-state index contributed by atoms with van der Waals surface area (Å²) in [6.45, 7) is 3.95. The average molecular weight is 352 g/mol. The van der Waals surface area contributed by atoms with E-state index in [2.05, 4.69) is 6.58 Å². The molecule has 0 unspecified atom stereocenters. The summed E-state index contributed by atoms with van der Waals surface area (Å²) in [4.78, 5) is 25.7. The zero-order chi connectivity index (χ0) is 19.1. The molecule has 0 spiro atoms. The van der Waals surface area contributed by atoms with Crippen molar-refractivity contribution < 1.29 is 9.59 Å². The van der Waals surface area contributed by atoms with E-state index < -0.39 is 0 Å². The van der Waals surface area contributed by atoms with Gasteiger partial charge in [0.2, 0.25) is 0 Å². The standard InChI is InChI=1S/C25H20O2/c1-19(24(26)21-13-7-3-8-14-21)17-23(18-20-11-5-2-6-12-20)25(27)22-15-9-4-10-16-22/h2-16,18H,1,17H2/b23-18+. The Bertz CT molecular complexity index is 969. The van der Waals surface area contributed by atoms with Crippen molar-refractivity contribution in [2.24, 2.45) is 0 Å². The van der Waals surface area contributed by atoms with Crippen LogP contribution in [0.1, 0.15) is 32.7 Å². The van der Waals surface area contributed by atoms with Gasteiger partial charge in [-0.25, -0.2) is 0 Å². The van der Waals surface area contributed by atoms with E-state index in [9.17, 15) is 9.59 Å². The van der Waals surface area contributed by atoms with E-state index in [0.29, 0.717) is 22.3 Å². The summed E-state index contributed by atoms with van der Waals surface area (Å²) in [6, 6.07) is 27.7. The molecule has 0 fully saturated rings. The molecule has 0 N–H and O–H groups in total. The first-order valence-electron chi connectivity index (χ1n) is 8.78. The van der Waals surface area contributed by atoms with E-state index in [-0.39, 0.29) is 18.0 Å². The lowest BCUT2D eigenvalue weighted by atomic mass is 9.92. The van der Waals surface area contributed by atoms with Crippen molar-refractivity contribution in [3.05, 3.63) is 125 Å². The fraction of sp³-hybridized carbons (Fsp3) is 0.0400. The summed E-state index contributed by atoms with van der Waals surface area (Å²) in [5.41, 5.74) is 3.03. The first-order valence-corrected chi connectivity index (χ1v) is 8.78. The Hall–Kier alpha value is -3.52.